The number of aliphatic hydroxyl groups is 1. The average molecular weight is 139 g/mol. The Balaban J connectivity index is 2.70. The number of allylic oxidation sites excluding steroid dienone is 2. The van der Waals surface area contributed by atoms with Crippen molar-refractivity contribution in [3.63, 3.8) is 0 Å². The molecule has 2 nitrogen and oxygen atoms in total. The van der Waals surface area contributed by atoms with E-state index in [1.54, 1.807) is 11.0 Å². The lowest BCUT2D eigenvalue weighted by Crippen LogP contribution is -2.42. The minimum absolute atomic E-state index is 0.677. The van der Waals surface area contributed by atoms with Gasteiger partial charge in [0, 0.05) is 6.42 Å². The molecular formula is C8H13NO. The molecule has 0 fully saturated rings. The predicted molar refractivity (Wildman–Crippen MR) is 41.5 cm³/mol. The Bertz CT molecular complexity index is 172. The van der Waals surface area contributed by atoms with E-state index in [-0.39, 0.29) is 0 Å². The van der Waals surface area contributed by atoms with Gasteiger partial charge in [0.15, 0.2) is 0 Å². The Labute approximate surface area is 61.5 Å². The summed E-state index contributed by atoms with van der Waals surface area (Å²) in [5, 5.41) is 9.74. The highest BCUT2D eigenvalue weighted by molar-refractivity contribution is 5.16. The molecule has 1 N–H and O–H groups in total. The summed E-state index contributed by atoms with van der Waals surface area (Å²) in [5.41, 5.74) is -0.755. The Kier molecular flexibility index (Phi) is 1.92. The van der Waals surface area contributed by atoms with Gasteiger partial charge < -0.3 is 5.11 Å². The summed E-state index contributed by atoms with van der Waals surface area (Å²) in [5.74, 6) is 0. The molecule has 0 aliphatic heterocycles. The maximum Gasteiger partial charge on any atom is 0.140 e. The van der Waals surface area contributed by atoms with Crippen LogP contribution in [0.15, 0.2) is 24.3 Å². The molecule has 0 aromatic rings. The average Bonchev–Trinajstić information content (AvgIpc) is 1.89. The lowest BCUT2D eigenvalue weighted by Gasteiger charge is -2.31. The largest absolute Gasteiger partial charge is 0.372 e. The van der Waals surface area contributed by atoms with Crippen LogP contribution in [-0.4, -0.2) is 29.8 Å². The summed E-state index contributed by atoms with van der Waals surface area (Å²) >= 11 is 0. The van der Waals surface area contributed by atoms with Crippen LogP contribution in [0, 0.1) is 0 Å². The summed E-state index contributed by atoms with van der Waals surface area (Å²) in [6.07, 6.45) is 8.24. The Morgan fingerprint density at radius 2 is 2.10 bits per heavy atom. The van der Waals surface area contributed by atoms with Crippen LogP contribution < -0.4 is 0 Å². The molecule has 1 aliphatic rings. The fourth-order valence-corrected chi connectivity index (χ4v) is 0.929. The van der Waals surface area contributed by atoms with E-state index in [0.29, 0.717) is 6.42 Å². The zero-order valence-electron chi connectivity index (χ0n) is 6.41. The third-order valence-electron chi connectivity index (χ3n) is 1.80. The van der Waals surface area contributed by atoms with Gasteiger partial charge in [-0.1, -0.05) is 18.2 Å². The summed E-state index contributed by atoms with van der Waals surface area (Å²) in [6, 6.07) is 0. The smallest absolute Gasteiger partial charge is 0.140 e. The summed E-state index contributed by atoms with van der Waals surface area (Å²) in [6.45, 7) is 0. The highest BCUT2D eigenvalue weighted by Crippen LogP contribution is 2.18. The van der Waals surface area contributed by atoms with Crippen molar-refractivity contribution < 1.29 is 5.11 Å². The second-order valence-electron chi connectivity index (χ2n) is 2.76. The molecule has 0 bridgehead atoms. The third kappa shape index (κ3) is 1.28. The summed E-state index contributed by atoms with van der Waals surface area (Å²) in [4.78, 5) is 1.80. The second kappa shape index (κ2) is 2.56. The molecule has 1 aliphatic carbocycles. The van der Waals surface area contributed by atoms with Gasteiger partial charge in [0.25, 0.3) is 0 Å². The van der Waals surface area contributed by atoms with E-state index in [1.165, 1.54) is 0 Å². The van der Waals surface area contributed by atoms with Gasteiger partial charge in [-0.3, -0.25) is 4.90 Å². The fourth-order valence-electron chi connectivity index (χ4n) is 0.929. The normalized spacial score (nSPS) is 31.6. The molecule has 0 radical (unpaired) electrons. The van der Waals surface area contributed by atoms with E-state index in [9.17, 15) is 5.11 Å². The van der Waals surface area contributed by atoms with Crippen molar-refractivity contribution in [1.82, 2.24) is 4.90 Å². The summed E-state index contributed by atoms with van der Waals surface area (Å²) < 4.78 is 0. The maximum atomic E-state index is 9.74. The van der Waals surface area contributed by atoms with E-state index in [0.717, 1.165) is 0 Å². The van der Waals surface area contributed by atoms with Crippen molar-refractivity contribution in [2.45, 2.75) is 12.1 Å². The van der Waals surface area contributed by atoms with Crippen LogP contribution in [0.5, 0.6) is 0 Å². The molecule has 1 rings (SSSR count). The quantitative estimate of drug-likeness (QED) is 0.542. The number of hydrogen-bond acceptors (Lipinski definition) is 2. The van der Waals surface area contributed by atoms with Gasteiger partial charge in [0.05, 0.1) is 0 Å². The van der Waals surface area contributed by atoms with E-state index in [1.807, 2.05) is 32.3 Å². The van der Waals surface area contributed by atoms with Crippen molar-refractivity contribution in [3.8, 4) is 0 Å². The molecule has 2 heteroatoms. The van der Waals surface area contributed by atoms with E-state index >= 15 is 0 Å². The van der Waals surface area contributed by atoms with Crippen LogP contribution in [0.4, 0.5) is 0 Å². The van der Waals surface area contributed by atoms with Crippen LogP contribution in [0.3, 0.4) is 0 Å². The molecule has 0 aromatic heterocycles. The second-order valence-corrected chi connectivity index (χ2v) is 2.76. The van der Waals surface area contributed by atoms with Crippen molar-refractivity contribution in [2.75, 3.05) is 14.1 Å². The Morgan fingerprint density at radius 3 is 2.40 bits per heavy atom. The molecular weight excluding hydrogens is 126 g/mol. The van der Waals surface area contributed by atoms with Gasteiger partial charge in [-0.2, -0.15) is 0 Å². The van der Waals surface area contributed by atoms with Gasteiger partial charge in [0.2, 0.25) is 0 Å². The number of nitrogens with zero attached hydrogens (tertiary/aromatic N) is 1. The van der Waals surface area contributed by atoms with Crippen LogP contribution in [-0.2, 0) is 0 Å². The first-order chi connectivity index (χ1) is 4.65. The molecule has 0 heterocycles. The number of hydrogen-bond donors (Lipinski definition) is 1. The lowest BCUT2D eigenvalue weighted by molar-refractivity contribution is -0.0357. The SMILES string of the molecule is CN(C)C1(O)C=CC=CC1. The third-order valence-corrected chi connectivity index (χ3v) is 1.80. The molecule has 0 saturated carbocycles. The van der Waals surface area contributed by atoms with E-state index < -0.39 is 5.72 Å². The molecule has 0 amide bonds. The Hall–Kier alpha value is -0.600. The molecule has 56 valence electrons. The Morgan fingerprint density at radius 1 is 1.40 bits per heavy atom. The molecule has 1 atom stereocenters. The van der Waals surface area contributed by atoms with Crippen molar-refractivity contribution in [1.29, 1.82) is 0 Å². The zero-order valence-corrected chi connectivity index (χ0v) is 6.41. The number of rotatable bonds is 1. The van der Waals surface area contributed by atoms with E-state index in [4.69, 9.17) is 0 Å². The standard InChI is InChI=1S/C8H13NO/c1-9(2)8(10)6-4-3-5-7-8/h3-6,10H,7H2,1-2H3. The fraction of sp³-hybridized carbons (Fsp3) is 0.500. The maximum absolute atomic E-state index is 9.74. The van der Waals surface area contributed by atoms with Crippen LogP contribution >= 0.6 is 0 Å². The van der Waals surface area contributed by atoms with Gasteiger partial charge in [-0.05, 0) is 20.2 Å². The van der Waals surface area contributed by atoms with E-state index in [2.05, 4.69) is 0 Å². The van der Waals surface area contributed by atoms with Crippen molar-refractivity contribution >= 4 is 0 Å². The van der Waals surface area contributed by atoms with Gasteiger partial charge in [-0.25, -0.2) is 0 Å². The molecule has 0 saturated heterocycles. The molecule has 0 spiro atoms. The minimum atomic E-state index is -0.755. The highest BCUT2D eigenvalue weighted by atomic mass is 16.3. The lowest BCUT2D eigenvalue weighted by atomic mass is 10.0. The van der Waals surface area contributed by atoms with Gasteiger partial charge in [-0.15, -0.1) is 0 Å². The molecule has 10 heavy (non-hydrogen) atoms. The first-order valence-corrected chi connectivity index (χ1v) is 3.39. The molecule has 1 unspecified atom stereocenters. The van der Waals surface area contributed by atoms with Gasteiger partial charge >= 0.3 is 0 Å². The monoisotopic (exact) mass is 139 g/mol. The van der Waals surface area contributed by atoms with Crippen LogP contribution in [0.2, 0.25) is 0 Å². The van der Waals surface area contributed by atoms with Gasteiger partial charge in [0.1, 0.15) is 5.72 Å². The van der Waals surface area contributed by atoms with Crippen molar-refractivity contribution in [2.24, 2.45) is 0 Å². The van der Waals surface area contributed by atoms with Crippen LogP contribution in [0.25, 0.3) is 0 Å². The van der Waals surface area contributed by atoms with Crippen LogP contribution in [0.1, 0.15) is 6.42 Å². The first kappa shape index (κ1) is 7.51. The number of likely N-dealkylation sites (N-methyl/N-ethyl adjacent to an activating group) is 1. The zero-order chi connectivity index (χ0) is 7.61. The minimum Gasteiger partial charge on any atom is -0.372 e. The first-order valence-electron chi connectivity index (χ1n) is 3.39. The molecule has 0 aromatic carbocycles. The topological polar surface area (TPSA) is 23.5 Å². The predicted octanol–water partition coefficient (Wildman–Crippen LogP) is 0.753. The van der Waals surface area contributed by atoms with Crippen molar-refractivity contribution in [3.05, 3.63) is 24.3 Å². The highest BCUT2D eigenvalue weighted by Gasteiger charge is 2.25. The summed E-state index contributed by atoms with van der Waals surface area (Å²) in [7, 11) is 3.73.